The Kier molecular flexibility index (Phi) is 4.37. The molecule has 0 radical (unpaired) electrons. The van der Waals surface area contributed by atoms with Crippen LogP contribution in [0.5, 0.6) is 0 Å². The van der Waals surface area contributed by atoms with Gasteiger partial charge in [-0.3, -0.25) is 9.36 Å². The zero-order valence-corrected chi connectivity index (χ0v) is 13.1. The molecule has 3 aromatic rings. The predicted molar refractivity (Wildman–Crippen MR) is 88.8 cm³/mol. The summed E-state index contributed by atoms with van der Waals surface area (Å²) < 4.78 is 2.07. The van der Waals surface area contributed by atoms with Crippen molar-refractivity contribution in [2.45, 2.75) is 32.6 Å². The molecular formula is C18H19N3O2. The quantitative estimate of drug-likeness (QED) is 0.707. The van der Waals surface area contributed by atoms with Crippen LogP contribution < -0.4 is 0 Å². The molecule has 0 saturated carbocycles. The Hall–Kier alpha value is -2.69. The van der Waals surface area contributed by atoms with Crippen molar-refractivity contribution >= 4 is 17.1 Å². The van der Waals surface area contributed by atoms with E-state index in [1.165, 1.54) is 0 Å². The van der Waals surface area contributed by atoms with Crippen molar-refractivity contribution in [1.82, 2.24) is 14.5 Å². The number of rotatable bonds is 6. The molecule has 23 heavy (non-hydrogen) atoms. The number of aliphatic carboxylic acids is 1. The van der Waals surface area contributed by atoms with E-state index in [1.807, 2.05) is 49.4 Å². The third kappa shape index (κ3) is 3.39. The molecule has 2 heterocycles. The predicted octanol–water partition coefficient (Wildman–Crippen LogP) is 3.53. The molecule has 0 aliphatic rings. The van der Waals surface area contributed by atoms with Gasteiger partial charge in [0.2, 0.25) is 0 Å². The molecule has 0 saturated heterocycles. The van der Waals surface area contributed by atoms with Crippen LogP contribution in [0.2, 0.25) is 0 Å². The van der Waals surface area contributed by atoms with E-state index in [0.717, 1.165) is 41.2 Å². The fraction of sp³-hybridized carbons (Fsp3) is 0.278. The van der Waals surface area contributed by atoms with E-state index in [1.54, 1.807) is 0 Å². The van der Waals surface area contributed by atoms with Gasteiger partial charge in [-0.1, -0.05) is 18.2 Å². The molecule has 0 aliphatic heterocycles. The van der Waals surface area contributed by atoms with Crippen LogP contribution in [-0.4, -0.2) is 25.6 Å². The maximum Gasteiger partial charge on any atom is 0.303 e. The van der Waals surface area contributed by atoms with Gasteiger partial charge in [0.05, 0.1) is 0 Å². The first-order valence-corrected chi connectivity index (χ1v) is 7.77. The minimum Gasteiger partial charge on any atom is -0.481 e. The van der Waals surface area contributed by atoms with Crippen LogP contribution in [0.1, 0.15) is 30.8 Å². The highest BCUT2D eigenvalue weighted by Crippen LogP contribution is 2.21. The van der Waals surface area contributed by atoms with Gasteiger partial charge in [-0.15, -0.1) is 0 Å². The summed E-state index contributed by atoms with van der Waals surface area (Å²) in [5.41, 5.74) is 3.70. The Bertz CT molecular complexity index is 825. The highest BCUT2D eigenvalue weighted by Gasteiger charge is 2.13. The first-order valence-electron chi connectivity index (χ1n) is 7.77. The van der Waals surface area contributed by atoms with Crippen molar-refractivity contribution in [3.05, 3.63) is 54.0 Å². The van der Waals surface area contributed by atoms with Crippen molar-refractivity contribution in [2.75, 3.05) is 0 Å². The van der Waals surface area contributed by atoms with Gasteiger partial charge in [-0.25, -0.2) is 9.97 Å². The van der Waals surface area contributed by atoms with Gasteiger partial charge in [-0.2, -0.15) is 0 Å². The normalized spacial score (nSPS) is 11.0. The Balaban J connectivity index is 1.97. The van der Waals surface area contributed by atoms with Crippen molar-refractivity contribution in [3.8, 4) is 5.69 Å². The fourth-order valence-electron chi connectivity index (χ4n) is 2.67. The number of pyridine rings is 1. The van der Waals surface area contributed by atoms with Gasteiger partial charge in [-0.05, 0) is 44.0 Å². The van der Waals surface area contributed by atoms with Crippen molar-refractivity contribution in [2.24, 2.45) is 0 Å². The summed E-state index contributed by atoms with van der Waals surface area (Å²) in [6.45, 7) is 1.97. The second-order valence-electron chi connectivity index (χ2n) is 5.60. The number of carboxylic acids is 1. The van der Waals surface area contributed by atoms with Crippen LogP contribution >= 0.6 is 0 Å². The van der Waals surface area contributed by atoms with Crippen LogP contribution in [0.15, 0.2) is 42.5 Å². The number of aromatic nitrogens is 3. The van der Waals surface area contributed by atoms with E-state index >= 15 is 0 Å². The van der Waals surface area contributed by atoms with E-state index in [-0.39, 0.29) is 6.42 Å². The monoisotopic (exact) mass is 309 g/mol. The summed E-state index contributed by atoms with van der Waals surface area (Å²) in [5, 5.41) is 8.76. The zero-order valence-electron chi connectivity index (χ0n) is 13.1. The number of benzene rings is 1. The molecule has 1 N–H and O–H groups in total. The van der Waals surface area contributed by atoms with Crippen LogP contribution in [-0.2, 0) is 11.2 Å². The lowest BCUT2D eigenvalue weighted by Gasteiger charge is -2.08. The van der Waals surface area contributed by atoms with E-state index < -0.39 is 5.97 Å². The zero-order chi connectivity index (χ0) is 16.2. The number of carbonyl (C=O) groups is 1. The number of unbranched alkanes of at least 4 members (excludes halogenated alkanes) is 1. The van der Waals surface area contributed by atoms with Gasteiger partial charge >= 0.3 is 5.97 Å². The summed E-state index contributed by atoms with van der Waals surface area (Å²) in [6.07, 6.45) is 2.38. The highest BCUT2D eigenvalue weighted by atomic mass is 16.4. The number of imidazole rings is 1. The summed E-state index contributed by atoms with van der Waals surface area (Å²) >= 11 is 0. The Morgan fingerprint density at radius 3 is 2.61 bits per heavy atom. The molecule has 118 valence electrons. The minimum atomic E-state index is -0.751. The second-order valence-corrected chi connectivity index (χ2v) is 5.60. The highest BCUT2D eigenvalue weighted by molar-refractivity contribution is 5.74. The largest absolute Gasteiger partial charge is 0.481 e. The number of nitrogens with zero attached hydrogens (tertiary/aromatic N) is 3. The number of aryl methyl sites for hydroxylation is 2. The van der Waals surface area contributed by atoms with Crippen LogP contribution in [0.3, 0.4) is 0 Å². The average Bonchev–Trinajstić information content (AvgIpc) is 2.89. The van der Waals surface area contributed by atoms with Gasteiger partial charge < -0.3 is 5.11 Å². The van der Waals surface area contributed by atoms with E-state index in [4.69, 9.17) is 10.1 Å². The molecule has 5 nitrogen and oxygen atoms in total. The second kappa shape index (κ2) is 6.60. The molecule has 2 aromatic heterocycles. The minimum absolute atomic E-state index is 0.197. The number of hydrogen-bond donors (Lipinski definition) is 1. The molecule has 0 aliphatic carbocycles. The smallest absolute Gasteiger partial charge is 0.303 e. The maximum absolute atomic E-state index is 10.6. The Labute approximate surface area is 134 Å². The van der Waals surface area contributed by atoms with Crippen molar-refractivity contribution < 1.29 is 9.90 Å². The van der Waals surface area contributed by atoms with Gasteiger partial charge in [0, 0.05) is 24.2 Å². The number of hydrogen-bond acceptors (Lipinski definition) is 3. The Morgan fingerprint density at radius 1 is 1.09 bits per heavy atom. The van der Waals surface area contributed by atoms with Crippen molar-refractivity contribution in [3.63, 3.8) is 0 Å². The molecule has 0 atom stereocenters. The van der Waals surface area contributed by atoms with Crippen molar-refractivity contribution in [1.29, 1.82) is 0 Å². The molecule has 5 heteroatoms. The van der Waals surface area contributed by atoms with Gasteiger partial charge in [0.15, 0.2) is 5.65 Å². The van der Waals surface area contributed by atoms with Crippen LogP contribution in [0, 0.1) is 6.92 Å². The maximum atomic E-state index is 10.6. The molecule has 3 rings (SSSR count). The lowest BCUT2D eigenvalue weighted by Crippen LogP contribution is -2.03. The standard InChI is InChI=1S/C18H19N3O2/c1-13-11-12-15-18(19-13)21(14-7-3-2-4-8-14)16(20-15)9-5-6-10-17(22)23/h2-4,7-8,11-12H,5-6,9-10H2,1H3,(H,22,23). The van der Waals surface area contributed by atoms with E-state index in [0.29, 0.717) is 6.42 Å². The molecule has 0 bridgehead atoms. The first-order chi connectivity index (χ1) is 11.1. The third-order valence-corrected chi connectivity index (χ3v) is 3.77. The lowest BCUT2D eigenvalue weighted by atomic mass is 10.2. The van der Waals surface area contributed by atoms with Gasteiger partial charge in [0.1, 0.15) is 11.3 Å². The summed E-state index contributed by atoms with van der Waals surface area (Å²) in [4.78, 5) is 20.0. The lowest BCUT2D eigenvalue weighted by molar-refractivity contribution is -0.137. The number of carboxylic acid groups (broad SMARTS) is 1. The van der Waals surface area contributed by atoms with E-state index in [9.17, 15) is 4.79 Å². The number of para-hydroxylation sites is 1. The average molecular weight is 309 g/mol. The fourth-order valence-corrected chi connectivity index (χ4v) is 2.67. The first kappa shape index (κ1) is 15.2. The SMILES string of the molecule is Cc1ccc2nc(CCCCC(=O)O)n(-c3ccccc3)c2n1. The summed E-state index contributed by atoms with van der Waals surface area (Å²) in [6, 6.07) is 14.0. The summed E-state index contributed by atoms with van der Waals surface area (Å²) in [7, 11) is 0. The van der Waals surface area contributed by atoms with Crippen LogP contribution in [0.25, 0.3) is 16.9 Å². The topological polar surface area (TPSA) is 68.0 Å². The molecule has 0 amide bonds. The molecule has 0 unspecified atom stereocenters. The molecular weight excluding hydrogens is 290 g/mol. The van der Waals surface area contributed by atoms with Gasteiger partial charge in [0.25, 0.3) is 0 Å². The molecule has 0 fully saturated rings. The summed E-state index contributed by atoms with van der Waals surface area (Å²) in [5.74, 6) is 0.175. The number of fused-ring (bicyclic) bond motifs is 1. The van der Waals surface area contributed by atoms with E-state index in [2.05, 4.69) is 9.55 Å². The molecule has 1 aromatic carbocycles. The Morgan fingerprint density at radius 2 is 1.87 bits per heavy atom. The van der Waals surface area contributed by atoms with Crippen LogP contribution in [0.4, 0.5) is 0 Å². The molecule has 0 spiro atoms. The third-order valence-electron chi connectivity index (χ3n) is 3.77.